The minimum Gasteiger partial charge on any atom is -0.466 e. The molecule has 0 N–H and O–H groups in total. The van der Waals surface area contributed by atoms with Gasteiger partial charge in [0, 0.05) is 11.2 Å². The summed E-state index contributed by atoms with van der Waals surface area (Å²) in [6.45, 7) is 4.93. The maximum atomic E-state index is 11.3. The summed E-state index contributed by atoms with van der Waals surface area (Å²) < 4.78 is 5.17. The van der Waals surface area contributed by atoms with Crippen LogP contribution in [0.3, 0.4) is 0 Å². The molecule has 0 bridgehead atoms. The Bertz CT molecular complexity index is 183. The lowest BCUT2D eigenvalue weighted by atomic mass is 10.1. The van der Waals surface area contributed by atoms with E-state index in [9.17, 15) is 4.79 Å². The first kappa shape index (κ1) is 16.9. The number of ether oxygens (including phenoxy) is 1. The maximum absolute atomic E-state index is 11.3. The third kappa shape index (κ3) is 12.2. The van der Waals surface area contributed by atoms with Crippen molar-refractivity contribution in [3.8, 4) is 0 Å². The molecule has 0 fully saturated rings. The second-order valence-electron chi connectivity index (χ2n) is 4.53. The Labute approximate surface area is 115 Å². The molecule has 0 aromatic rings. The fraction of sp³-hybridized carbons (Fsp3) is 0.929. The van der Waals surface area contributed by atoms with E-state index in [1.807, 2.05) is 0 Å². The van der Waals surface area contributed by atoms with Crippen molar-refractivity contribution >= 4 is 21.9 Å². The van der Waals surface area contributed by atoms with Gasteiger partial charge >= 0.3 is 5.97 Å². The van der Waals surface area contributed by atoms with Gasteiger partial charge in [0.15, 0.2) is 0 Å². The highest BCUT2D eigenvalue weighted by Gasteiger charge is 2.03. The van der Waals surface area contributed by atoms with E-state index in [1.54, 1.807) is 0 Å². The second kappa shape index (κ2) is 12.4. The Morgan fingerprint density at radius 2 is 1.88 bits per heavy atom. The number of rotatable bonds is 11. The molecule has 0 saturated carbocycles. The first-order valence-corrected chi connectivity index (χ1v) is 7.92. The van der Waals surface area contributed by atoms with Gasteiger partial charge in [-0.05, 0) is 25.7 Å². The normalized spacial score (nSPS) is 12.4. The molecule has 0 saturated heterocycles. The molecule has 0 spiro atoms. The number of carbonyl (C=O) groups is 1. The summed E-state index contributed by atoms with van der Waals surface area (Å²) in [6, 6.07) is 0. The SMILES string of the molecule is CCCCCC(=O)OCCCCCC(Br)CC. The number of halogens is 1. The number of esters is 1. The summed E-state index contributed by atoms with van der Waals surface area (Å²) in [6.07, 6.45) is 9.62. The quantitative estimate of drug-likeness (QED) is 0.310. The van der Waals surface area contributed by atoms with Gasteiger partial charge in [-0.1, -0.05) is 55.5 Å². The molecule has 0 radical (unpaired) electrons. The summed E-state index contributed by atoms with van der Waals surface area (Å²) in [5.41, 5.74) is 0. The number of hydrogen-bond donors (Lipinski definition) is 0. The smallest absolute Gasteiger partial charge is 0.305 e. The molecule has 1 atom stereocenters. The fourth-order valence-corrected chi connectivity index (χ4v) is 1.95. The number of carbonyl (C=O) groups excluding carboxylic acids is 1. The van der Waals surface area contributed by atoms with Gasteiger partial charge in [-0.15, -0.1) is 0 Å². The Hall–Kier alpha value is -0.0500. The lowest BCUT2D eigenvalue weighted by molar-refractivity contribution is -0.143. The third-order valence-electron chi connectivity index (χ3n) is 2.85. The van der Waals surface area contributed by atoms with Crippen molar-refractivity contribution in [1.29, 1.82) is 0 Å². The van der Waals surface area contributed by atoms with Crippen molar-refractivity contribution in [2.45, 2.75) is 76.5 Å². The van der Waals surface area contributed by atoms with Gasteiger partial charge in [-0.3, -0.25) is 4.79 Å². The third-order valence-corrected chi connectivity index (χ3v) is 3.96. The van der Waals surface area contributed by atoms with Gasteiger partial charge in [-0.2, -0.15) is 0 Å². The molecule has 0 amide bonds. The minimum atomic E-state index is -0.0228. The van der Waals surface area contributed by atoms with Gasteiger partial charge in [-0.25, -0.2) is 0 Å². The Kier molecular flexibility index (Phi) is 12.4. The van der Waals surface area contributed by atoms with Crippen LogP contribution in [0.2, 0.25) is 0 Å². The number of alkyl halides is 1. The Morgan fingerprint density at radius 1 is 1.12 bits per heavy atom. The fourth-order valence-electron chi connectivity index (χ4n) is 1.63. The minimum absolute atomic E-state index is 0.0228. The van der Waals surface area contributed by atoms with Gasteiger partial charge in [0.2, 0.25) is 0 Å². The monoisotopic (exact) mass is 306 g/mol. The molecule has 0 aliphatic heterocycles. The molecular weight excluding hydrogens is 280 g/mol. The standard InChI is InChI=1S/C14H27BrO2/c1-3-5-7-11-14(16)17-12-9-6-8-10-13(15)4-2/h13H,3-12H2,1-2H3. The van der Waals surface area contributed by atoms with Crippen molar-refractivity contribution in [2.24, 2.45) is 0 Å². The molecule has 102 valence electrons. The summed E-state index contributed by atoms with van der Waals surface area (Å²) in [4.78, 5) is 11.9. The van der Waals surface area contributed by atoms with E-state index in [4.69, 9.17) is 4.74 Å². The number of hydrogen-bond acceptors (Lipinski definition) is 2. The molecule has 0 aromatic heterocycles. The number of unbranched alkanes of at least 4 members (excludes halogenated alkanes) is 4. The molecule has 0 aliphatic carbocycles. The van der Waals surface area contributed by atoms with Crippen molar-refractivity contribution in [2.75, 3.05) is 6.61 Å². The zero-order valence-corrected chi connectivity index (χ0v) is 12.9. The van der Waals surface area contributed by atoms with Crippen molar-refractivity contribution in [1.82, 2.24) is 0 Å². The summed E-state index contributed by atoms with van der Waals surface area (Å²) >= 11 is 3.62. The van der Waals surface area contributed by atoms with Crippen LogP contribution in [-0.2, 0) is 9.53 Å². The van der Waals surface area contributed by atoms with Crippen LogP contribution in [0.4, 0.5) is 0 Å². The van der Waals surface area contributed by atoms with E-state index < -0.39 is 0 Å². The van der Waals surface area contributed by atoms with Crippen LogP contribution in [0.5, 0.6) is 0 Å². The van der Waals surface area contributed by atoms with E-state index in [-0.39, 0.29) is 5.97 Å². The van der Waals surface area contributed by atoms with E-state index in [0.29, 0.717) is 17.9 Å². The lowest BCUT2D eigenvalue weighted by Crippen LogP contribution is -2.05. The van der Waals surface area contributed by atoms with E-state index in [1.165, 1.54) is 19.3 Å². The predicted octanol–water partition coefficient (Wildman–Crippen LogP) is 4.84. The molecule has 17 heavy (non-hydrogen) atoms. The van der Waals surface area contributed by atoms with Crippen LogP contribution >= 0.6 is 15.9 Å². The summed E-state index contributed by atoms with van der Waals surface area (Å²) in [5, 5.41) is 0. The molecule has 0 heterocycles. The molecule has 3 heteroatoms. The zero-order chi connectivity index (χ0) is 12.9. The van der Waals surface area contributed by atoms with Crippen LogP contribution in [0.25, 0.3) is 0 Å². The maximum Gasteiger partial charge on any atom is 0.305 e. The van der Waals surface area contributed by atoms with E-state index >= 15 is 0 Å². The molecule has 2 nitrogen and oxygen atoms in total. The second-order valence-corrected chi connectivity index (χ2v) is 5.83. The zero-order valence-electron chi connectivity index (χ0n) is 11.3. The highest BCUT2D eigenvalue weighted by atomic mass is 79.9. The van der Waals surface area contributed by atoms with Crippen molar-refractivity contribution < 1.29 is 9.53 Å². The summed E-state index contributed by atoms with van der Waals surface area (Å²) in [7, 11) is 0. The topological polar surface area (TPSA) is 26.3 Å². The van der Waals surface area contributed by atoms with Crippen LogP contribution < -0.4 is 0 Å². The molecular formula is C14H27BrO2. The van der Waals surface area contributed by atoms with E-state index in [2.05, 4.69) is 29.8 Å². The highest BCUT2D eigenvalue weighted by molar-refractivity contribution is 9.09. The predicted molar refractivity (Wildman–Crippen MR) is 76.6 cm³/mol. The van der Waals surface area contributed by atoms with Crippen LogP contribution in [-0.4, -0.2) is 17.4 Å². The first-order chi connectivity index (χ1) is 8.20. The van der Waals surface area contributed by atoms with Crippen LogP contribution in [0.1, 0.15) is 71.6 Å². The molecule has 0 aliphatic rings. The lowest BCUT2D eigenvalue weighted by Gasteiger charge is -2.07. The van der Waals surface area contributed by atoms with Crippen molar-refractivity contribution in [3.63, 3.8) is 0 Å². The van der Waals surface area contributed by atoms with E-state index in [0.717, 1.165) is 32.1 Å². The van der Waals surface area contributed by atoms with Gasteiger partial charge in [0.05, 0.1) is 6.61 Å². The summed E-state index contributed by atoms with van der Waals surface area (Å²) in [5.74, 6) is -0.0228. The average molecular weight is 307 g/mol. The molecule has 1 unspecified atom stereocenters. The van der Waals surface area contributed by atoms with Gasteiger partial charge in [0.1, 0.15) is 0 Å². The average Bonchev–Trinajstić information content (AvgIpc) is 2.33. The van der Waals surface area contributed by atoms with Gasteiger partial charge < -0.3 is 4.74 Å². The largest absolute Gasteiger partial charge is 0.466 e. The van der Waals surface area contributed by atoms with Crippen molar-refractivity contribution in [3.05, 3.63) is 0 Å². The van der Waals surface area contributed by atoms with Gasteiger partial charge in [0.25, 0.3) is 0 Å². The Morgan fingerprint density at radius 3 is 2.53 bits per heavy atom. The first-order valence-electron chi connectivity index (χ1n) is 7.00. The van der Waals surface area contributed by atoms with Crippen LogP contribution in [0.15, 0.2) is 0 Å². The van der Waals surface area contributed by atoms with Crippen LogP contribution in [0, 0.1) is 0 Å². The molecule has 0 aromatic carbocycles. The molecule has 0 rings (SSSR count). The highest BCUT2D eigenvalue weighted by Crippen LogP contribution is 2.13. The Balaban J connectivity index is 3.19.